The molecule has 2 N–H and O–H groups in total. The Kier molecular flexibility index (Phi) is 4.96. The first-order valence-electron chi connectivity index (χ1n) is 9.55. The smallest absolute Gasteiger partial charge is 0.255 e. The van der Waals surface area contributed by atoms with Crippen LogP contribution in [-0.4, -0.2) is 39.8 Å². The van der Waals surface area contributed by atoms with Crippen LogP contribution in [0.15, 0.2) is 42.6 Å². The number of carbonyl (C=O) groups is 2. The number of piperidine rings is 1. The predicted molar refractivity (Wildman–Crippen MR) is 107 cm³/mol. The summed E-state index contributed by atoms with van der Waals surface area (Å²) in [5.41, 5.74) is 8.45. The van der Waals surface area contributed by atoms with Gasteiger partial charge in [0.25, 0.3) is 11.8 Å². The number of pyridine rings is 2. The molecule has 1 aliphatic rings. The lowest BCUT2D eigenvalue weighted by atomic mass is 9.89. The molecule has 0 spiro atoms. The lowest BCUT2D eigenvalue weighted by Gasteiger charge is -2.32. The molecule has 3 heterocycles. The van der Waals surface area contributed by atoms with E-state index in [1.165, 1.54) is 12.1 Å². The maximum Gasteiger partial charge on any atom is 0.255 e. The number of nitrogens with zero attached hydrogens (tertiary/aromatic N) is 3. The summed E-state index contributed by atoms with van der Waals surface area (Å²) in [6.45, 7) is 2.93. The van der Waals surface area contributed by atoms with Crippen molar-refractivity contribution in [3.05, 3.63) is 70.9 Å². The highest BCUT2D eigenvalue weighted by atomic mass is 19.1. The fourth-order valence-electron chi connectivity index (χ4n) is 3.91. The number of halogens is 1. The van der Waals surface area contributed by atoms with Gasteiger partial charge in [0.1, 0.15) is 5.82 Å². The summed E-state index contributed by atoms with van der Waals surface area (Å²) in [5.74, 6) is -1.000. The standard InChI is InChI=1S/C22H21FN4O2/c1-13-17(3-2-8-25-13)22(29)27-9-6-14(7-10-27)20-18(21(24)28)12-15-11-16(23)4-5-19(15)26-20/h2-5,8,11-12,14H,6-7,9-10H2,1H3,(H2,24,28). The number of aromatic nitrogens is 2. The van der Waals surface area contributed by atoms with Crippen molar-refractivity contribution in [1.82, 2.24) is 14.9 Å². The molecule has 3 aromatic rings. The third kappa shape index (κ3) is 3.68. The first kappa shape index (κ1) is 19.0. The van der Waals surface area contributed by atoms with Gasteiger partial charge >= 0.3 is 0 Å². The third-order valence-corrected chi connectivity index (χ3v) is 5.48. The van der Waals surface area contributed by atoms with Crippen molar-refractivity contribution >= 4 is 22.7 Å². The monoisotopic (exact) mass is 392 g/mol. The van der Waals surface area contributed by atoms with Crippen molar-refractivity contribution in [2.75, 3.05) is 13.1 Å². The van der Waals surface area contributed by atoms with E-state index in [2.05, 4.69) is 9.97 Å². The van der Waals surface area contributed by atoms with Crippen LogP contribution in [0.5, 0.6) is 0 Å². The minimum Gasteiger partial charge on any atom is -0.366 e. The lowest BCUT2D eigenvalue weighted by Crippen LogP contribution is -2.38. The summed E-state index contributed by atoms with van der Waals surface area (Å²) >= 11 is 0. The number of carbonyl (C=O) groups excluding carboxylic acids is 2. The second kappa shape index (κ2) is 7.58. The van der Waals surface area contributed by atoms with Gasteiger partial charge in [-0.15, -0.1) is 0 Å². The molecule has 1 aromatic carbocycles. The molecule has 2 amide bonds. The minimum atomic E-state index is -0.580. The van der Waals surface area contributed by atoms with E-state index in [1.54, 1.807) is 35.4 Å². The number of benzene rings is 1. The van der Waals surface area contributed by atoms with E-state index in [9.17, 15) is 14.0 Å². The van der Waals surface area contributed by atoms with Crippen molar-refractivity contribution < 1.29 is 14.0 Å². The Morgan fingerprint density at radius 1 is 1.14 bits per heavy atom. The van der Waals surface area contributed by atoms with Gasteiger partial charge in [-0.1, -0.05) is 0 Å². The Bertz CT molecular complexity index is 1110. The Labute approximate surface area is 167 Å². The lowest BCUT2D eigenvalue weighted by molar-refractivity contribution is 0.0709. The highest BCUT2D eigenvalue weighted by Crippen LogP contribution is 2.31. The van der Waals surface area contributed by atoms with E-state index >= 15 is 0 Å². The van der Waals surface area contributed by atoms with E-state index < -0.39 is 5.91 Å². The zero-order valence-electron chi connectivity index (χ0n) is 16.1. The molecular formula is C22H21FN4O2. The van der Waals surface area contributed by atoms with Crippen LogP contribution in [0.25, 0.3) is 10.9 Å². The molecule has 0 saturated carbocycles. The van der Waals surface area contributed by atoms with Crippen molar-refractivity contribution in [1.29, 1.82) is 0 Å². The molecule has 4 rings (SSSR count). The van der Waals surface area contributed by atoms with Crippen LogP contribution in [0.3, 0.4) is 0 Å². The number of rotatable bonds is 3. The molecule has 7 heteroatoms. The molecule has 29 heavy (non-hydrogen) atoms. The van der Waals surface area contributed by atoms with Gasteiger partial charge < -0.3 is 10.6 Å². The van der Waals surface area contributed by atoms with Crippen molar-refractivity contribution in [2.45, 2.75) is 25.7 Å². The van der Waals surface area contributed by atoms with Gasteiger partial charge in [-0.05, 0) is 56.2 Å². The molecule has 148 valence electrons. The number of primary amides is 1. The third-order valence-electron chi connectivity index (χ3n) is 5.48. The molecule has 6 nitrogen and oxygen atoms in total. The summed E-state index contributed by atoms with van der Waals surface area (Å²) in [7, 11) is 0. The Hall–Kier alpha value is -3.35. The zero-order chi connectivity index (χ0) is 20.5. The van der Waals surface area contributed by atoms with E-state index in [0.717, 1.165) is 0 Å². The fraction of sp³-hybridized carbons (Fsp3) is 0.273. The normalized spacial score (nSPS) is 14.9. The number of hydrogen-bond donors (Lipinski definition) is 1. The maximum atomic E-state index is 13.5. The molecule has 0 bridgehead atoms. The number of likely N-dealkylation sites (tertiary alicyclic amines) is 1. The van der Waals surface area contributed by atoms with Crippen LogP contribution >= 0.6 is 0 Å². The average Bonchev–Trinajstić information content (AvgIpc) is 2.72. The fourth-order valence-corrected chi connectivity index (χ4v) is 3.91. The van der Waals surface area contributed by atoms with Crippen LogP contribution in [0, 0.1) is 12.7 Å². The van der Waals surface area contributed by atoms with Crippen LogP contribution in [0.2, 0.25) is 0 Å². The molecule has 0 unspecified atom stereocenters. The molecule has 0 aliphatic carbocycles. The van der Waals surface area contributed by atoms with Crippen LogP contribution in [0.4, 0.5) is 4.39 Å². The van der Waals surface area contributed by atoms with E-state index in [4.69, 9.17) is 5.73 Å². The summed E-state index contributed by atoms with van der Waals surface area (Å²) in [4.78, 5) is 35.4. The van der Waals surface area contributed by atoms with Crippen LogP contribution < -0.4 is 5.73 Å². The SMILES string of the molecule is Cc1ncccc1C(=O)N1CCC(c2nc3ccc(F)cc3cc2C(N)=O)CC1. The molecular weight excluding hydrogens is 371 g/mol. The predicted octanol–water partition coefficient (Wildman–Crippen LogP) is 3.20. The van der Waals surface area contributed by atoms with Gasteiger partial charge in [-0.25, -0.2) is 4.39 Å². The molecule has 0 radical (unpaired) electrons. The molecule has 0 atom stereocenters. The van der Waals surface area contributed by atoms with Gasteiger partial charge in [0.2, 0.25) is 0 Å². The topological polar surface area (TPSA) is 89.2 Å². The number of hydrogen-bond acceptors (Lipinski definition) is 4. The summed E-state index contributed by atoms with van der Waals surface area (Å²) in [5, 5.41) is 0.544. The number of fused-ring (bicyclic) bond motifs is 1. The highest BCUT2D eigenvalue weighted by molar-refractivity contribution is 5.98. The van der Waals surface area contributed by atoms with Crippen molar-refractivity contribution in [3.63, 3.8) is 0 Å². The van der Waals surface area contributed by atoms with Gasteiger partial charge in [-0.2, -0.15) is 0 Å². The molecule has 1 aliphatic heterocycles. The molecule has 1 saturated heterocycles. The minimum absolute atomic E-state index is 0.00555. The number of nitrogens with two attached hydrogens (primary N) is 1. The van der Waals surface area contributed by atoms with Gasteiger partial charge in [0.15, 0.2) is 0 Å². The van der Waals surface area contributed by atoms with Gasteiger partial charge in [0.05, 0.1) is 22.3 Å². The van der Waals surface area contributed by atoms with E-state index in [0.29, 0.717) is 59.3 Å². The Morgan fingerprint density at radius 2 is 1.90 bits per heavy atom. The first-order chi connectivity index (χ1) is 13.9. The number of amides is 2. The summed E-state index contributed by atoms with van der Waals surface area (Å²) in [6, 6.07) is 9.44. The van der Waals surface area contributed by atoms with Gasteiger partial charge in [-0.3, -0.25) is 19.6 Å². The summed E-state index contributed by atoms with van der Waals surface area (Å²) < 4.78 is 13.5. The van der Waals surface area contributed by atoms with Crippen molar-refractivity contribution in [3.8, 4) is 0 Å². The average molecular weight is 392 g/mol. The maximum absolute atomic E-state index is 13.5. The van der Waals surface area contributed by atoms with E-state index in [1.807, 2.05) is 6.92 Å². The highest BCUT2D eigenvalue weighted by Gasteiger charge is 2.28. The second-order valence-electron chi connectivity index (χ2n) is 7.33. The van der Waals surface area contributed by atoms with Crippen LogP contribution in [-0.2, 0) is 0 Å². The largest absolute Gasteiger partial charge is 0.366 e. The molecule has 1 fully saturated rings. The Morgan fingerprint density at radius 3 is 2.59 bits per heavy atom. The van der Waals surface area contributed by atoms with E-state index in [-0.39, 0.29) is 17.6 Å². The Balaban J connectivity index is 1.58. The van der Waals surface area contributed by atoms with Crippen molar-refractivity contribution in [2.24, 2.45) is 5.73 Å². The summed E-state index contributed by atoms with van der Waals surface area (Å²) in [6.07, 6.45) is 3.01. The number of aryl methyl sites for hydroxylation is 1. The van der Waals surface area contributed by atoms with Crippen LogP contribution in [0.1, 0.15) is 50.9 Å². The molecule has 2 aromatic heterocycles. The van der Waals surface area contributed by atoms with Gasteiger partial charge in [0, 0.05) is 36.3 Å². The second-order valence-corrected chi connectivity index (χ2v) is 7.33. The quantitative estimate of drug-likeness (QED) is 0.741. The first-order valence-corrected chi connectivity index (χ1v) is 9.55. The zero-order valence-corrected chi connectivity index (χ0v) is 16.1.